The van der Waals surface area contributed by atoms with Crippen molar-refractivity contribution in [2.24, 2.45) is 0 Å². The minimum absolute atomic E-state index is 0.0943. The van der Waals surface area contributed by atoms with E-state index in [1.54, 1.807) is 12.3 Å². The zero-order chi connectivity index (χ0) is 25.7. The van der Waals surface area contributed by atoms with Crippen LogP contribution >= 0.6 is 11.3 Å². The molecule has 2 aromatic heterocycles. The van der Waals surface area contributed by atoms with Crippen LogP contribution in [-0.2, 0) is 11.8 Å². The van der Waals surface area contributed by atoms with Gasteiger partial charge in [0.1, 0.15) is 22.9 Å². The molecule has 1 aliphatic heterocycles. The Hall–Kier alpha value is -2.96. The quantitative estimate of drug-likeness (QED) is 0.492. The number of nitrogens with two attached hydrogens (primary N) is 1. The summed E-state index contributed by atoms with van der Waals surface area (Å²) in [5.41, 5.74) is 8.02. The maximum absolute atomic E-state index is 11.7. The number of ether oxygens (including phenoxy) is 1. The van der Waals surface area contributed by atoms with E-state index in [0.29, 0.717) is 28.3 Å². The fraction of sp³-hybridized carbons (Fsp3) is 0.556. The van der Waals surface area contributed by atoms with Crippen molar-refractivity contribution in [1.29, 1.82) is 10.7 Å². The lowest BCUT2D eigenvalue weighted by Crippen LogP contribution is -2.50. The lowest BCUT2D eigenvalue weighted by atomic mass is 9.63. The lowest BCUT2D eigenvalue weighted by molar-refractivity contribution is 0.0409. The van der Waals surface area contributed by atoms with Crippen LogP contribution in [0.5, 0.6) is 6.01 Å². The summed E-state index contributed by atoms with van der Waals surface area (Å²) in [5, 5.41) is 31.0. The summed E-state index contributed by atoms with van der Waals surface area (Å²) in [7, 11) is 2.11. The van der Waals surface area contributed by atoms with E-state index in [1.807, 2.05) is 6.92 Å². The van der Waals surface area contributed by atoms with Gasteiger partial charge in [0, 0.05) is 16.6 Å². The number of anilines is 1. The van der Waals surface area contributed by atoms with Gasteiger partial charge in [-0.15, -0.1) is 11.3 Å². The maximum Gasteiger partial charge on any atom is 0.317 e. The van der Waals surface area contributed by atoms with Crippen molar-refractivity contribution in [1.82, 2.24) is 14.9 Å². The molecule has 0 amide bonds. The van der Waals surface area contributed by atoms with Gasteiger partial charge in [0.15, 0.2) is 0 Å². The number of fused-ring (bicyclic) bond motifs is 2. The normalized spacial score (nSPS) is 27.1. The Bertz CT molecular complexity index is 1280. The molecule has 9 heteroatoms. The largest absolute Gasteiger partial charge is 0.511 e. The summed E-state index contributed by atoms with van der Waals surface area (Å²) in [6.07, 6.45) is 8.35. The molecule has 3 heterocycles. The van der Waals surface area contributed by atoms with Crippen molar-refractivity contribution in [2.45, 2.75) is 82.3 Å². The second-order valence-corrected chi connectivity index (χ2v) is 11.7. The number of hydrogen-bond donors (Lipinski definition) is 3. The molecule has 0 aromatic carbocycles. The van der Waals surface area contributed by atoms with E-state index in [9.17, 15) is 10.4 Å². The number of nitrogens with zero attached hydrogens (tertiary/aromatic N) is 4. The summed E-state index contributed by atoms with van der Waals surface area (Å²) in [6.45, 7) is 5.28. The van der Waals surface area contributed by atoms with E-state index in [4.69, 9.17) is 15.9 Å². The Labute approximate surface area is 216 Å². The van der Waals surface area contributed by atoms with Crippen LogP contribution in [-0.4, -0.2) is 50.9 Å². The Kier molecular flexibility index (Phi) is 6.29. The third-order valence-corrected chi connectivity index (χ3v) is 9.85. The van der Waals surface area contributed by atoms with Gasteiger partial charge in [-0.3, -0.25) is 10.3 Å². The van der Waals surface area contributed by atoms with Crippen molar-refractivity contribution < 1.29 is 9.84 Å². The summed E-state index contributed by atoms with van der Waals surface area (Å²) >= 11 is 1.46. The molecule has 8 nitrogen and oxygen atoms in total. The number of hydrogen-bond acceptors (Lipinski definition) is 9. The van der Waals surface area contributed by atoms with Crippen LogP contribution in [0.25, 0.3) is 0 Å². The molecule has 4 N–H and O–H groups in total. The second kappa shape index (κ2) is 9.16. The maximum atomic E-state index is 11.7. The molecule has 3 aliphatic rings. The number of allylic oxidation sites excluding steroid dienone is 2. The average Bonchev–Trinajstić information content (AvgIpc) is 3.39. The SMILES string of the molecule is C[C@H](Oc1nccc(C(=N)C2=C(O)[C@@]3(CCC2)CCCc2sc(N)c(C#N)c23)n1)[C@@]1(C)CCCN1C. The highest BCUT2D eigenvalue weighted by Gasteiger charge is 2.47. The average molecular weight is 507 g/mol. The first-order valence-electron chi connectivity index (χ1n) is 12.8. The highest BCUT2D eigenvalue weighted by molar-refractivity contribution is 7.16. The van der Waals surface area contributed by atoms with Crippen LogP contribution in [0, 0.1) is 16.7 Å². The van der Waals surface area contributed by atoms with Gasteiger partial charge in [-0.25, -0.2) is 4.98 Å². The van der Waals surface area contributed by atoms with Gasteiger partial charge in [0.2, 0.25) is 0 Å². The number of aromatic nitrogens is 2. The monoisotopic (exact) mass is 506 g/mol. The van der Waals surface area contributed by atoms with Crippen molar-refractivity contribution in [3.63, 3.8) is 0 Å². The third kappa shape index (κ3) is 3.78. The molecule has 2 aromatic rings. The smallest absolute Gasteiger partial charge is 0.317 e. The number of aliphatic hydroxyl groups excluding tert-OH is 1. The molecule has 0 radical (unpaired) electrons. The molecule has 5 rings (SSSR count). The van der Waals surface area contributed by atoms with Crippen molar-refractivity contribution in [2.75, 3.05) is 19.3 Å². The van der Waals surface area contributed by atoms with E-state index in [1.165, 1.54) is 11.3 Å². The number of nitriles is 1. The van der Waals surface area contributed by atoms with E-state index in [-0.39, 0.29) is 29.1 Å². The molecule has 3 atom stereocenters. The standard InChI is InChI=1S/C27H34N6O2S/c1-16(26(2)10-6-14-33(26)3)35-25-31-13-9-19(32-25)22(29)17-7-4-11-27(23(17)34)12-5-8-20-21(27)18(15-28)24(30)36-20/h9,13,16,29,34H,4-8,10-12,14,30H2,1-3H3/t16-,26+,27-/m0/s1. The summed E-state index contributed by atoms with van der Waals surface area (Å²) in [4.78, 5) is 12.3. The first-order chi connectivity index (χ1) is 17.2. The fourth-order valence-corrected chi connectivity index (χ4v) is 7.56. The molecule has 1 fully saturated rings. The summed E-state index contributed by atoms with van der Waals surface area (Å²) in [6, 6.07) is 4.22. The first-order valence-corrected chi connectivity index (χ1v) is 13.6. The van der Waals surface area contributed by atoms with Gasteiger partial charge in [-0.1, -0.05) is 0 Å². The number of aryl methyl sites for hydroxylation is 1. The predicted octanol–water partition coefficient (Wildman–Crippen LogP) is 4.88. The number of likely N-dealkylation sites (N-methyl/N-ethyl adjacent to an activating group) is 1. The minimum atomic E-state index is -0.658. The van der Waals surface area contributed by atoms with E-state index >= 15 is 0 Å². The summed E-state index contributed by atoms with van der Waals surface area (Å²) in [5.74, 6) is 0.198. The number of likely N-dealkylation sites (tertiary alicyclic amines) is 1. The number of aliphatic hydroxyl groups is 1. The van der Waals surface area contributed by atoms with Crippen molar-refractivity contribution >= 4 is 22.0 Å². The van der Waals surface area contributed by atoms with Gasteiger partial charge in [-0.05, 0) is 90.4 Å². The molecule has 2 aliphatic carbocycles. The number of thiophene rings is 1. The van der Waals surface area contributed by atoms with E-state index in [0.717, 1.165) is 61.9 Å². The van der Waals surface area contributed by atoms with Gasteiger partial charge in [0.25, 0.3) is 0 Å². The summed E-state index contributed by atoms with van der Waals surface area (Å²) < 4.78 is 6.18. The van der Waals surface area contributed by atoms with Crippen molar-refractivity contribution in [3.05, 3.63) is 45.3 Å². The highest BCUT2D eigenvalue weighted by atomic mass is 32.1. The first kappa shape index (κ1) is 24.7. The highest BCUT2D eigenvalue weighted by Crippen LogP contribution is 2.54. The lowest BCUT2D eigenvalue weighted by Gasteiger charge is -2.41. The molecule has 0 bridgehead atoms. The number of nitrogen functional groups attached to an aromatic ring is 1. The molecule has 0 unspecified atom stereocenters. The minimum Gasteiger partial charge on any atom is -0.511 e. The second-order valence-electron chi connectivity index (χ2n) is 10.6. The molecule has 1 spiro atoms. The topological polar surface area (TPSA) is 132 Å². The Morgan fingerprint density at radius 2 is 2.06 bits per heavy atom. The van der Waals surface area contributed by atoms with Crippen molar-refractivity contribution in [3.8, 4) is 12.1 Å². The zero-order valence-corrected chi connectivity index (χ0v) is 22.0. The van der Waals surface area contributed by atoms with Crippen LogP contribution in [0.1, 0.15) is 80.5 Å². The third-order valence-electron chi connectivity index (χ3n) is 8.77. The molecule has 36 heavy (non-hydrogen) atoms. The van der Waals surface area contributed by atoms with Gasteiger partial charge >= 0.3 is 6.01 Å². The van der Waals surface area contributed by atoms with Crippen LogP contribution in [0.3, 0.4) is 0 Å². The number of nitrogens with one attached hydrogen (secondary N) is 1. The molecular formula is C27H34N6O2S. The predicted molar refractivity (Wildman–Crippen MR) is 141 cm³/mol. The Morgan fingerprint density at radius 1 is 1.31 bits per heavy atom. The molecule has 0 saturated carbocycles. The van der Waals surface area contributed by atoms with Crippen LogP contribution in [0.2, 0.25) is 0 Å². The van der Waals surface area contributed by atoms with Gasteiger partial charge in [-0.2, -0.15) is 10.2 Å². The molecular weight excluding hydrogens is 472 g/mol. The fourth-order valence-electron chi connectivity index (χ4n) is 6.40. The van der Waals surface area contributed by atoms with Crippen LogP contribution in [0.15, 0.2) is 23.6 Å². The Balaban J connectivity index is 1.47. The Morgan fingerprint density at radius 3 is 2.75 bits per heavy atom. The molecule has 190 valence electrons. The number of rotatable bonds is 5. The van der Waals surface area contributed by atoms with Gasteiger partial charge < -0.3 is 15.6 Å². The van der Waals surface area contributed by atoms with Gasteiger partial charge in [0.05, 0.1) is 27.9 Å². The van der Waals surface area contributed by atoms with Crippen LogP contribution in [0.4, 0.5) is 5.00 Å². The van der Waals surface area contributed by atoms with Crippen LogP contribution < -0.4 is 10.5 Å². The zero-order valence-electron chi connectivity index (χ0n) is 21.2. The molecule has 1 saturated heterocycles. The van der Waals surface area contributed by atoms with E-state index < -0.39 is 5.41 Å². The van der Waals surface area contributed by atoms with E-state index in [2.05, 4.69) is 34.9 Å².